The monoisotopic (exact) mass is 358 g/mol. The fraction of sp³-hybridized carbons (Fsp3) is 0.222. The normalized spacial score (nSPS) is 12.0. The van der Waals surface area contributed by atoms with E-state index in [0.29, 0.717) is 34.8 Å². The molecular weight excluding hydrogens is 340 g/mol. The molecule has 2 aromatic carbocycles. The van der Waals surface area contributed by atoms with Crippen LogP contribution in [0.3, 0.4) is 0 Å². The molecule has 130 valence electrons. The molecule has 0 saturated heterocycles. The summed E-state index contributed by atoms with van der Waals surface area (Å²) >= 11 is 6.20. The Hall–Kier alpha value is -2.57. The van der Waals surface area contributed by atoms with Gasteiger partial charge in [0.05, 0.1) is 24.8 Å². The summed E-state index contributed by atoms with van der Waals surface area (Å²) in [7, 11) is 1.59. The molecule has 3 aromatic rings. The van der Waals surface area contributed by atoms with Gasteiger partial charge in [0.15, 0.2) is 17.3 Å². The molecule has 3 N–H and O–H groups in total. The zero-order valence-electron chi connectivity index (χ0n) is 14.0. The first kappa shape index (κ1) is 17.3. The average Bonchev–Trinajstić information content (AvgIpc) is 3.12. The van der Waals surface area contributed by atoms with Crippen LogP contribution in [0.4, 0.5) is 0 Å². The van der Waals surface area contributed by atoms with E-state index in [4.69, 9.17) is 26.8 Å². The van der Waals surface area contributed by atoms with Gasteiger partial charge in [-0.25, -0.2) is 4.98 Å². The third-order valence-corrected chi connectivity index (χ3v) is 4.09. The molecule has 25 heavy (non-hydrogen) atoms. The van der Waals surface area contributed by atoms with E-state index in [0.717, 1.165) is 11.1 Å². The van der Waals surface area contributed by atoms with E-state index >= 15 is 0 Å². The van der Waals surface area contributed by atoms with Crippen LogP contribution in [0, 0.1) is 0 Å². The van der Waals surface area contributed by atoms with Gasteiger partial charge in [-0.1, -0.05) is 29.8 Å². The minimum Gasteiger partial charge on any atom is -0.493 e. The van der Waals surface area contributed by atoms with Crippen molar-refractivity contribution in [2.24, 2.45) is 5.73 Å². The predicted octanol–water partition coefficient (Wildman–Crippen LogP) is 3.58. The first-order chi connectivity index (χ1) is 12.1. The molecule has 0 aliphatic carbocycles. The second kappa shape index (κ2) is 7.55. The molecule has 0 spiro atoms. The number of H-pyrrole nitrogens is 1. The van der Waals surface area contributed by atoms with Gasteiger partial charge in [0, 0.05) is 5.56 Å². The highest BCUT2D eigenvalue weighted by molar-refractivity contribution is 6.33. The number of methoxy groups -OCH3 is 1. The largest absolute Gasteiger partial charge is 0.493 e. The molecule has 0 bridgehead atoms. The van der Waals surface area contributed by atoms with Gasteiger partial charge in [-0.15, -0.1) is 0 Å². The second-order valence-electron chi connectivity index (χ2n) is 5.35. The molecule has 1 unspecified atom stereocenters. The van der Waals surface area contributed by atoms with Crippen LogP contribution in [0.2, 0.25) is 5.02 Å². The van der Waals surface area contributed by atoms with E-state index in [1.807, 2.05) is 43.3 Å². The Labute approximate surface area is 150 Å². The van der Waals surface area contributed by atoms with E-state index in [-0.39, 0.29) is 0 Å². The van der Waals surface area contributed by atoms with Gasteiger partial charge in [0.2, 0.25) is 0 Å². The first-order valence-corrected chi connectivity index (χ1v) is 8.25. The lowest BCUT2D eigenvalue weighted by Crippen LogP contribution is -2.14. The SMILES string of the molecule is CCOc1ccc(C(N)c2nc(-c3ccccc3Cl)n[nH]2)cc1OC. The Morgan fingerprint density at radius 2 is 2.00 bits per heavy atom. The third kappa shape index (κ3) is 3.60. The van der Waals surface area contributed by atoms with Crippen LogP contribution in [0.15, 0.2) is 42.5 Å². The van der Waals surface area contributed by atoms with E-state index in [1.54, 1.807) is 13.2 Å². The summed E-state index contributed by atoms with van der Waals surface area (Å²) in [5.41, 5.74) is 7.92. The number of hydrogen-bond donors (Lipinski definition) is 2. The quantitative estimate of drug-likeness (QED) is 0.703. The fourth-order valence-electron chi connectivity index (χ4n) is 2.49. The molecule has 0 saturated carbocycles. The van der Waals surface area contributed by atoms with Crippen LogP contribution in [0.25, 0.3) is 11.4 Å². The van der Waals surface area contributed by atoms with Crippen molar-refractivity contribution >= 4 is 11.6 Å². The summed E-state index contributed by atoms with van der Waals surface area (Å²) in [5, 5.41) is 7.70. The maximum absolute atomic E-state index is 6.33. The van der Waals surface area contributed by atoms with Gasteiger partial charge in [-0.05, 0) is 36.8 Å². The number of nitrogens with two attached hydrogens (primary N) is 1. The molecule has 0 aliphatic rings. The lowest BCUT2D eigenvalue weighted by Gasteiger charge is -2.13. The van der Waals surface area contributed by atoms with Crippen LogP contribution in [-0.2, 0) is 0 Å². The molecule has 1 atom stereocenters. The van der Waals surface area contributed by atoms with Gasteiger partial charge in [-0.2, -0.15) is 5.10 Å². The molecule has 0 fully saturated rings. The van der Waals surface area contributed by atoms with Crippen molar-refractivity contribution in [1.82, 2.24) is 15.2 Å². The van der Waals surface area contributed by atoms with Gasteiger partial charge < -0.3 is 15.2 Å². The Kier molecular flexibility index (Phi) is 5.21. The summed E-state index contributed by atoms with van der Waals surface area (Å²) in [6.07, 6.45) is 0. The Morgan fingerprint density at radius 1 is 1.20 bits per heavy atom. The minimum absolute atomic E-state index is 0.478. The van der Waals surface area contributed by atoms with Crippen molar-refractivity contribution in [3.63, 3.8) is 0 Å². The number of aromatic nitrogens is 3. The number of nitrogens with one attached hydrogen (secondary N) is 1. The zero-order valence-corrected chi connectivity index (χ0v) is 14.7. The molecule has 1 aromatic heterocycles. The van der Waals surface area contributed by atoms with E-state index in [9.17, 15) is 0 Å². The van der Waals surface area contributed by atoms with Crippen molar-refractivity contribution in [2.45, 2.75) is 13.0 Å². The molecule has 7 heteroatoms. The van der Waals surface area contributed by atoms with Crippen molar-refractivity contribution in [2.75, 3.05) is 13.7 Å². The molecule has 0 aliphatic heterocycles. The van der Waals surface area contributed by atoms with Gasteiger partial charge in [-0.3, -0.25) is 5.10 Å². The average molecular weight is 359 g/mol. The van der Waals surface area contributed by atoms with E-state index in [2.05, 4.69) is 15.2 Å². The highest BCUT2D eigenvalue weighted by Crippen LogP contribution is 2.31. The number of ether oxygens (including phenoxy) is 2. The Bertz CT molecular complexity index is 866. The smallest absolute Gasteiger partial charge is 0.182 e. The highest BCUT2D eigenvalue weighted by Gasteiger charge is 2.18. The molecule has 6 nitrogen and oxygen atoms in total. The number of hydrogen-bond acceptors (Lipinski definition) is 5. The second-order valence-corrected chi connectivity index (χ2v) is 5.75. The lowest BCUT2D eigenvalue weighted by atomic mass is 10.1. The number of benzene rings is 2. The lowest BCUT2D eigenvalue weighted by molar-refractivity contribution is 0.310. The van der Waals surface area contributed by atoms with Crippen molar-refractivity contribution < 1.29 is 9.47 Å². The standard InChI is InChI=1S/C18H19ClN4O2/c1-3-25-14-9-8-11(10-15(14)24-2)16(20)18-21-17(22-23-18)12-6-4-5-7-13(12)19/h4-10,16H,3,20H2,1-2H3,(H,21,22,23). The number of rotatable bonds is 6. The van der Waals surface area contributed by atoms with Crippen molar-refractivity contribution in [3.05, 3.63) is 58.9 Å². The summed E-state index contributed by atoms with van der Waals surface area (Å²) in [4.78, 5) is 4.48. The number of aromatic amines is 1. The summed E-state index contributed by atoms with van der Waals surface area (Å²) in [6, 6.07) is 12.5. The highest BCUT2D eigenvalue weighted by atomic mass is 35.5. The van der Waals surface area contributed by atoms with Gasteiger partial charge in [0.25, 0.3) is 0 Å². The van der Waals surface area contributed by atoms with Gasteiger partial charge >= 0.3 is 0 Å². The zero-order chi connectivity index (χ0) is 17.8. The maximum Gasteiger partial charge on any atom is 0.182 e. The Balaban J connectivity index is 1.89. The third-order valence-electron chi connectivity index (χ3n) is 3.76. The van der Waals surface area contributed by atoms with Crippen LogP contribution in [0.5, 0.6) is 11.5 Å². The van der Waals surface area contributed by atoms with Gasteiger partial charge in [0.1, 0.15) is 5.82 Å². The van der Waals surface area contributed by atoms with Crippen molar-refractivity contribution in [3.8, 4) is 22.9 Å². The first-order valence-electron chi connectivity index (χ1n) is 7.87. The van der Waals surface area contributed by atoms with Crippen molar-refractivity contribution in [1.29, 1.82) is 0 Å². The molecule has 0 radical (unpaired) electrons. The fourth-order valence-corrected chi connectivity index (χ4v) is 2.71. The van der Waals surface area contributed by atoms with Crippen LogP contribution >= 0.6 is 11.6 Å². The van der Waals surface area contributed by atoms with Crippen LogP contribution in [0.1, 0.15) is 24.4 Å². The Morgan fingerprint density at radius 3 is 2.72 bits per heavy atom. The van der Waals surface area contributed by atoms with Crippen LogP contribution in [-0.4, -0.2) is 28.9 Å². The topological polar surface area (TPSA) is 86.0 Å². The minimum atomic E-state index is -0.478. The molecule has 0 amide bonds. The molecule has 3 rings (SSSR count). The van der Waals surface area contributed by atoms with Crippen LogP contribution < -0.4 is 15.2 Å². The van der Waals surface area contributed by atoms with E-state index in [1.165, 1.54) is 0 Å². The summed E-state index contributed by atoms with van der Waals surface area (Å²) < 4.78 is 10.9. The number of halogens is 1. The van der Waals surface area contributed by atoms with E-state index < -0.39 is 6.04 Å². The summed E-state index contributed by atoms with van der Waals surface area (Å²) in [5.74, 6) is 2.35. The molecular formula is C18H19ClN4O2. The maximum atomic E-state index is 6.33. The molecule has 1 heterocycles. The number of nitrogens with zero attached hydrogens (tertiary/aromatic N) is 2. The summed E-state index contributed by atoms with van der Waals surface area (Å²) in [6.45, 7) is 2.48. The predicted molar refractivity (Wildman–Crippen MR) is 97.0 cm³/mol.